The molecule has 0 aromatic rings. The second kappa shape index (κ2) is 6.78. The number of carbonyl (C=O) groups is 1. The minimum atomic E-state index is -4.15. The maximum Gasteiger partial charge on any atom is 0.391 e. The van der Waals surface area contributed by atoms with Crippen molar-refractivity contribution in [3.8, 4) is 0 Å². The molecule has 6 heteroatoms. The summed E-state index contributed by atoms with van der Waals surface area (Å²) in [6.45, 7) is 3.74. The Hall–Kier alpha value is -0.780. The van der Waals surface area contributed by atoms with Crippen LogP contribution in [0.4, 0.5) is 13.2 Å². The number of hydrogen-bond acceptors (Lipinski definition) is 2. The normalized spacial score (nSPS) is 26.9. The molecule has 1 unspecified atom stereocenters. The molecule has 1 saturated carbocycles. The number of nitrogens with one attached hydrogen (secondary N) is 1. The molecule has 1 fully saturated rings. The molecule has 0 spiro atoms. The van der Waals surface area contributed by atoms with Gasteiger partial charge < -0.3 is 10.4 Å². The lowest BCUT2D eigenvalue weighted by atomic mass is 9.81. The van der Waals surface area contributed by atoms with Crippen LogP contribution < -0.4 is 5.32 Å². The van der Waals surface area contributed by atoms with Crippen molar-refractivity contribution >= 4 is 5.91 Å². The molecule has 2 N–H and O–H groups in total. The van der Waals surface area contributed by atoms with Crippen molar-refractivity contribution in [3.63, 3.8) is 0 Å². The van der Waals surface area contributed by atoms with Crippen molar-refractivity contribution in [2.45, 2.75) is 64.1 Å². The van der Waals surface area contributed by atoms with Gasteiger partial charge in [-0.15, -0.1) is 0 Å². The summed E-state index contributed by atoms with van der Waals surface area (Å²) in [5.41, 5.74) is -0.951. The zero-order valence-corrected chi connectivity index (χ0v) is 12.1. The van der Waals surface area contributed by atoms with Crippen molar-refractivity contribution in [1.82, 2.24) is 5.32 Å². The van der Waals surface area contributed by atoms with Gasteiger partial charge in [-0.1, -0.05) is 13.3 Å². The molecule has 0 radical (unpaired) electrons. The maximum atomic E-state index is 12.5. The number of aliphatic hydroxyl groups is 1. The van der Waals surface area contributed by atoms with Gasteiger partial charge in [-0.25, -0.2) is 0 Å². The van der Waals surface area contributed by atoms with Crippen molar-refractivity contribution in [1.29, 1.82) is 0 Å². The number of hydrogen-bond donors (Lipinski definition) is 2. The highest BCUT2D eigenvalue weighted by molar-refractivity contribution is 5.78. The highest BCUT2D eigenvalue weighted by atomic mass is 19.4. The first-order valence-electron chi connectivity index (χ1n) is 7.22. The van der Waals surface area contributed by atoms with Crippen molar-refractivity contribution in [2.75, 3.05) is 6.54 Å². The van der Waals surface area contributed by atoms with E-state index >= 15 is 0 Å². The number of rotatable bonds is 5. The summed E-state index contributed by atoms with van der Waals surface area (Å²) in [6, 6.07) is 0. The topological polar surface area (TPSA) is 49.3 Å². The highest BCUT2D eigenvalue weighted by Crippen LogP contribution is 2.39. The molecule has 118 valence electrons. The van der Waals surface area contributed by atoms with E-state index in [0.29, 0.717) is 6.42 Å². The molecule has 20 heavy (non-hydrogen) atoms. The van der Waals surface area contributed by atoms with Crippen LogP contribution in [0.1, 0.15) is 52.4 Å². The molecule has 0 aliphatic heterocycles. The lowest BCUT2D eigenvalue weighted by Gasteiger charge is -2.30. The van der Waals surface area contributed by atoms with E-state index in [1.54, 1.807) is 6.92 Å². The third-order valence-corrected chi connectivity index (χ3v) is 3.99. The monoisotopic (exact) mass is 295 g/mol. The molecule has 3 nitrogen and oxygen atoms in total. The average Bonchev–Trinajstić information content (AvgIpc) is 2.35. The van der Waals surface area contributed by atoms with E-state index in [2.05, 4.69) is 5.32 Å². The minimum Gasteiger partial charge on any atom is -0.388 e. The van der Waals surface area contributed by atoms with Gasteiger partial charge in [0, 0.05) is 12.5 Å². The Morgan fingerprint density at radius 3 is 2.25 bits per heavy atom. The van der Waals surface area contributed by atoms with E-state index in [1.165, 1.54) is 0 Å². The number of amides is 1. The zero-order valence-electron chi connectivity index (χ0n) is 12.1. The van der Waals surface area contributed by atoms with Gasteiger partial charge in [0.2, 0.25) is 5.91 Å². The quantitative estimate of drug-likeness (QED) is 0.819. The van der Waals surface area contributed by atoms with Crippen LogP contribution in [-0.4, -0.2) is 29.3 Å². The first-order valence-corrected chi connectivity index (χ1v) is 7.22. The van der Waals surface area contributed by atoms with Crippen LogP contribution in [0.3, 0.4) is 0 Å². The van der Waals surface area contributed by atoms with Gasteiger partial charge in [-0.05, 0) is 39.0 Å². The highest BCUT2D eigenvalue weighted by Gasteiger charge is 2.42. The standard InChI is InChI=1S/C14H24F3NO2/c1-3-8-13(2,20)9-18-12(19)10-4-6-11(7-5-10)14(15,16)17/h10-11,20H,3-9H2,1-2H3,(H,18,19). The first kappa shape index (κ1) is 17.3. The van der Waals surface area contributed by atoms with E-state index < -0.39 is 17.7 Å². The predicted octanol–water partition coefficient (Wildman–Crippen LogP) is 3.02. The van der Waals surface area contributed by atoms with Crippen LogP contribution in [0.15, 0.2) is 0 Å². The largest absolute Gasteiger partial charge is 0.391 e. The molecule has 1 aliphatic carbocycles. The predicted molar refractivity (Wildman–Crippen MR) is 70.0 cm³/mol. The Morgan fingerprint density at radius 1 is 1.25 bits per heavy atom. The summed E-state index contributed by atoms with van der Waals surface area (Å²) in [6.07, 6.45) is -2.18. The van der Waals surface area contributed by atoms with E-state index in [9.17, 15) is 23.1 Å². The van der Waals surface area contributed by atoms with E-state index in [4.69, 9.17) is 0 Å². The number of carbonyl (C=O) groups excluding carboxylic acids is 1. The smallest absolute Gasteiger partial charge is 0.388 e. The van der Waals surface area contributed by atoms with Gasteiger partial charge >= 0.3 is 6.18 Å². The summed E-state index contributed by atoms with van der Waals surface area (Å²) in [5, 5.41) is 12.6. The summed E-state index contributed by atoms with van der Waals surface area (Å²) >= 11 is 0. The first-order chi connectivity index (χ1) is 9.15. The summed E-state index contributed by atoms with van der Waals surface area (Å²) in [5.74, 6) is -1.86. The summed E-state index contributed by atoms with van der Waals surface area (Å²) in [4.78, 5) is 11.9. The Balaban J connectivity index is 2.36. The molecule has 0 aromatic carbocycles. The van der Waals surface area contributed by atoms with Gasteiger partial charge in [0.15, 0.2) is 0 Å². The lowest BCUT2D eigenvalue weighted by Crippen LogP contribution is -2.43. The molecule has 1 aliphatic rings. The fraction of sp³-hybridized carbons (Fsp3) is 0.929. The van der Waals surface area contributed by atoms with Gasteiger partial charge in [-0.2, -0.15) is 13.2 Å². The minimum absolute atomic E-state index is 0.0208. The molecule has 1 atom stereocenters. The molecule has 1 rings (SSSR count). The Bertz CT molecular complexity index is 321. The number of alkyl halides is 3. The summed E-state index contributed by atoms with van der Waals surface area (Å²) < 4.78 is 37.6. The van der Waals surface area contributed by atoms with E-state index in [0.717, 1.165) is 6.42 Å². The van der Waals surface area contributed by atoms with Gasteiger partial charge in [0.25, 0.3) is 0 Å². The van der Waals surface area contributed by atoms with E-state index in [1.807, 2.05) is 6.92 Å². The molecular formula is C14H24F3NO2. The Labute approximate surface area is 117 Å². The van der Waals surface area contributed by atoms with Crippen LogP contribution in [-0.2, 0) is 4.79 Å². The van der Waals surface area contributed by atoms with Crippen LogP contribution >= 0.6 is 0 Å². The van der Waals surface area contributed by atoms with Gasteiger partial charge in [-0.3, -0.25) is 4.79 Å². The SMILES string of the molecule is CCCC(C)(O)CNC(=O)C1CCC(C(F)(F)F)CC1. The lowest BCUT2D eigenvalue weighted by molar-refractivity contribution is -0.184. The third kappa shape index (κ3) is 5.31. The van der Waals surface area contributed by atoms with Crippen molar-refractivity contribution in [2.24, 2.45) is 11.8 Å². The molecule has 0 saturated heterocycles. The van der Waals surface area contributed by atoms with Gasteiger partial charge in [0.1, 0.15) is 0 Å². The molecule has 0 aromatic heterocycles. The second-order valence-corrected chi connectivity index (χ2v) is 6.05. The van der Waals surface area contributed by atoms with Crippen LogP contribution in [0, 0.1) is 11.8 Å². The second-order valence-electron chi connectivity index (χ2n) is 6.05. The summed E-state index contributed by atoms with van der Waals surface area (Å²) in [7, 11) is 0. The van der Waals surface area contributed by atoms with Crippen molar-refractivity contribution < 1.29 is 23.1 Å². The molecule has 0 heterocycles. The van der Waals surface area contributed by atoms with Crippen LogP contribution in [0.5, 0.6) is 0 Å². The molecule has 1 amide bonds. The third-order valence-electron chi connectivity index (χ3n) is 3.99. The Kier molecular flexibility index (Phi) is 5.86. The van der Waals surface area contributed by atoms with Crippen molar-refractivity contribution in [3.05, 3.63) is 0 Å². The van der Waals surface area contributed by atoms with Gasteiger partial charge in [0.05, 0.1) is 11.5 Å². The zero-order chi connectivity index (χ0) is 15.4. The average molecular weight is 295 g/mol. The fourth-order valence-corrected chi connectivity index (χ4v) is 2.73. The van der Waals surface area contributed by atoms with E-state index in [-0.39, 0.29) is 44.1 Å². The maximum absolute atomic E-state index is 12.5. The fourth-order valence-electron chi connectivity index (χ4n) is 2.73. The van der Waals surface area contributed by atoms with Crippen LogP contribution in [0.2, 0.25) is 0 Å². The number of halogens is 3. The molecular weight excluding hydrogens is 271 g/mol. The van der Waals surface area contributed by atoms with Crippen LogP contribution in [0.25, 0.3) is 0 Å². The Morgan fingerprint density at radius 2 is 1.80 bits per heavy atom. The molecule has 0 bridgehead atoms.